The first-order chi connectivity index (χ1) is 7.18. The third-order valence-electron chi connectivity index (χ3n) is 1.22. The first-order valence-electron chi connectivity index (χ1n) is 4.64. The van der Waals surface area contributed by atoms with Gasteiger partial charge in [0.1, 0.15) is 6.61 Å². The fraction of sp³-hybridized carbons (Fsp3) is 0.455. The number of carbonyl (C=O) groups excluding carboxylic acids is 2. The molecule has 0 aromatic heterocycles. The van der Waals surface area contributed by atoms with Gasteiger partial charge in [-0.1, -0.05) is 13.2 Å². The summed E-state index contributed by atoms with van der Waals surface area (Å²) >= 11 is 0. The van der Waals surface area contributed by atoms with E-state index < -0.39 is 18.0 Å². The molecule has 0 spiro atoms. The molecule has 0 heterocycles. The highest BCUT2D eigenvalue weighted by Crippen LogP contribution is 1.92. The fourth-order valence-electron chi connectivity index (χ4n) is 0.319. The Morgan fingerprint density at radius 3 is 1.88 bits per heavy atom. The first-order valence-corrected chi connectivity index (χ1v) is 4.64. The zero-order valence-electron chi connectivity index (χ0n) is 9.95. The summed E-state index contributed by atoms with van der Waals surface area (Å²) < 4.78 is 4.58. The van der Waals surface area contributed by atoms with Gasteiger partial charge in [-0.2, -0.15) is 0 Å². The van der Waals surface area contributed by atoms with Crippen molar-refractivity contribution < 1.29 is 19.4 Å². The number of rotatable bonds is 4. The Hall–Kier alpha value is -1.62. The summed E-state index contributed by atoms with van der Waals surface area (Å²) in [6.07, 6.45) is -0.608. The van der Waals surface area contributed by atoms with Crippen molar-refractivity contribution in [1.82, 2.24) is 0 Å². The van der Waals surface area contributed by atoms with E-state index in [4.69, 9.17) is 10.8 Å². The third kappa shape index (κ3) is 12.4. The maximum absolute atomic E-state index is 10.6. The molecule has 1 amide bonds. The molecule has 1 atom stereocenters. The summed E-state index contributed by atoms with van der Waals surface area (Å²) in [4.78, 5) is 20.4. The van der Waals surface area contributed by atoms with Crippen LogP contribution < -0.4 is 5.73 Å². The van der Waals surface area contributed by atoms with Crippen molar-refractivity contribution in [2.24, 2.45) is 5.73 Å². The molecule has 3 N–H and O–H groups in total. The zero-order valence-corrected chi connectivity index (χ0v) is 9.95. The van der Waals surface area contributed by atoms with Crippen LogP contribution in [0.15, 0.2) is 24.3 Å². The van der Waals surface area contributed by atoms with Crippen molar-refractivity contribution in [3.63, 3.8) is 0 Å². The van der Waals surface area contributed by atoms with Gasteiger partial charge in [-0.3, -0.25) is 4.79 Å². The summed E-state index contributed by atoms with van der Waals surface area (Å²) in [7, 11) is 0. The van der Waals surface area contributed by atoms with Gasteiger partial charge in [0.15, 0.2) is 0 Å². The van der Waals surface area contributed by atoms with Crippen LogP contribution in [0.1, 0.15) is 20.8 Å². The predicted octanol–water partition coefficient (Wildman–Crippen LogP) is 0.534. The van der Waals surface area contributed by atoms with Gasteiger partial charge in [0, 0.05) is 11.1 Å². The topological polar surface area (TPSA) is 89.6 Å². The smallest absolute Gasteiger partial charge is 0.333 e. The van der Waals surface area contributed by atoms with Crippen molar-refractivity contribution in [3.8, 4) is 0 Å². The number of aliphatic hydroxyl groups excluding tert-OH is 1. The average Bonchev–Trinajstić information content (AvgIpc) is 2.14. The molecule has 0 saturated heterocycles. The van der Waals surface area contributed by atoms with Crippen LogP contribution in [0, 0.1) is 0 Å². The minimum Gasteiger partial charge on any atom is -0.460 e. The van der Waals surface area contributed by atoms with Gasteiger partial charge in [-0.15, -0.1) is 0 Å². The van der Waals surface area contributed by atoms with E-state index in [9.17, 15) is 9.59 Å². The molecular formula is C11H19NO4. The van der Waals surface area contributed by atoms with Gasteiger partial charge in [-0.05, 0) is 20.8 Å². The molecule has 5 heteroatoms. The molecule has 0 aromatic carbocycles. The summed E-state index contributed by atoms with van der Waals surface area (Å²) in [5.41, 5.74) is 5.44. The fourth-order valence-corrected chi connectivity index (χ4v) is 0.319. The van der Waals surface area contributed by atoms with Crippen LogP contribution >= 0.6 is 0 Å². The molecule has 92 valence electrons. The number of primary amides is 1. The van der Waals surface area contributed by atoms with Gasteiger partial charge in [0.05, 0.1) is 6.10 Å². The van der Waals surface area contributed by atoms with E-state index in [1.54, 1.807) is 20.8 Å². The molecular weight excluding hydrogens is 210 g/mol. The summed E-state index contributed by atoms with van der Waals surface area (Å²) in [6.45, 7) is 11.4. The van der Waals surface area contributed by atoms with Gasteiger partial charge in [0.25, 0.3) is 0 Å². The van der Waals surface area contributed by atoms with E-state index in [2.05, 4.69) is 17.9 Å². The lowest BCUT2D eigenvalue weighted by atomic mass is 10.3. The molecule has 0 aliphatic carbocycles. The first kappa shape index (κ1) is 16.8. The van der Waals surface area contributed by atoms with E-state index in [-0.39, 0.29) is 6.61 Å². The van der Waals surface area contributed by atoms with E-state index in [1.807, 2.05) is 0 Å². The second-order valence-electron chi connectivity index (χ2n) is 3.37. The van der Waals surface area contributed by atoms with Crippen LogP contribution in [0.2, 0.25) is 0 Å². The second-order valence-corrected chi connectivity index (χ2v) is 3.37. The molecule has 0 fully saturated rings. The number of esters is 1. The Morgan fingerprint density at radius 2 is 1.69 bits per heavy atom. The van der Waals surface area contributed by atoms with E-state index in [0.29, 0.717) is 11.1 Å². The van der Waals surface area contributed by atoms with E-state index in [0.717, 1.165) is 0 Å². The van der Waals surface area contributed by atoms with Crippen molar-refractivity contribution >= 4 is 11.9 Å². The molecule has 5 nitrogen and oxygen atoms in total. The minimum absolute atomic E-state index is 0.0334. The molecule has 0 aliphatic rings. The van der Waals surface area contributed by atoms with Gasteiger partial charge in [-0.25, -0.2) is 4.79 Å². The molecule has 0 rings (SSSR count). The maximum Gasteiger partial charge on any atom is 0.333 e. The lowest BCUT2D eigenvalue weighted by Crippen LogP contribution is -2.15. The Kier molecular flexibility index (Phi) is 9.10. The lowest BCUT2D eigenvalue weighted by molar-refractivity contribution is -0.141. The highest BCUT2D eigenvalue weighted by Gasteiger charge is 2.03. The van der Waals surface area contributed by atoms with Crippen molar-refractivity contribution in [3.05, 3.63) is 24.3 Å². The Labute approximate surface area is 95.6 Å². The Balaban J connectivity index is 0. The van der Waals surface area contributed by atoms with Crippen LogP contribution in [0.25, 0.3) is 0 Å². The number of amides is 1. The number of aliphatic hydroxyl groups is 1. The molecule has 0 radical (unpaired) electrons. The van der Waals surface area contributed by atoms with Gasteiger partial charge in [0.2, 0.25) is 5.91 Å². The molecule has 0 aliphatic heterocycles. The number of carbonyl (C=O) groups is 2. The van der Waals surface area contributed by atoms with Crippen molar-refractivity contribution in [2.45, 2.75) is 26.9 Å². The van der Waals surface area contributed by atoms with Crippen LogP contribution in [-0.2, 0) is 14.3 Å². The van der Waals surface area contributed by atoms with Gasteiger partial charge >= 0.3 is 5.97 Å². The third-order valence-corrected chi connectivity index (χ3v) is 1.22. The van der Waals surface area contributed by atoms with Crippen LogP contribution in [-0.4, -0.2) is 29.7 Å². The Bertz CT molecular complexity index is 270. The largest absolute Gasteiger partial charge is 0.460 e. The quantitative estimate of drug-likeness (QED) is 0.543. The number of hydrogen-bond acceptors (Lipinski definition) is 4. The summed E-state index contributed by atoms with van der Waals surface area (Å²) in [5.74, 6) is -0.893. The van der Waals surface area contributed by atoms with Crippen LogP contribution in [0.4, 0.5) is 0 Å². The molecule has 16 heavy (non-hydrogen) atoms. The molecule has 0 aromatic rings. The minimum atomic E-state index is -0.608. The maximum atomic E-state index is 10.6. The lowest BCUT2D eigenvalue weighted by Gasteiger charge is -2.04. The summed E-state index contributed by atoms with van der Waals surface area (Å²) in [6, 6.07) is 0. The zero-order chi connectivity index (χ0) is 13.3. The number of ether oxygens (including phenoxy) is 1. The summed E-state index contributed by atoms with van der Waals surface area (Å²) in [5, 5.41) is 8.68. The number of nitrogens with two attached hydrogens (primary N) is 1. The highest BCUT2D eigenvalue weighted by atomic mass is 16.5. The molecule has 0 bridgehead atoms. The van der Waals surface area contributed by atoms with E-state index in [1.165, 1.54) is 0 Å². The second kappa shape index (κ2) is 8.67. The monoisotopic (exact) mass is 229 g/mol. The standard InChI is InChI=1S/C7H12O3.C4H7NO/c1-5(2)7(9)10-4-6(3)8;1-3(2)4(5)6/h6,8H,1,4H2,2-3H3;1H2,2H3,(H2,5,6). The average molecular weight is 229 g/mol. The van der Waals surface area contributed by atoms with Crippen LogP contribution in [0.3, 0.4) is 0 Å². The Morgan fingerprint density at radius 1 is 1.31 bits per heavy atom. The van der Waals surface area contributed by atoms with Gasteiger partial charge < -0.3 is 15.6 Å². The van der Waals surface area contributed by atoms with Crippen molar-refractivity contribution in [1.29, 1.82) is 0 Å². The van der Waals surface area contributed by atoms with E-state index >= 15 is 0 Å². The number of hydrogen-bond donors (Lipinski definition) is 2. The van der Waals surface area contributed by atoms with Crippen molar-refractivity contribution in [2.75, 3.05) is 6.61 Å². The highest BCUT2D eigenvalue weighted by molar-refractivity contribution is 5.90. The molecule has 1 unspecified atom stereocenters. The molecule has 0 saturated carbocycles. The van der Waals surface area contributed by atoms with Crippen LogP contribution in [0.5, 0.6) is 0 Å². The SMILES string of the molecule is C=C(C)C(=O)OCC(C)O.C=C(C)C(N)=O. The normalized spacial score (nSPS) is 10.5. The predicted molar refractivity (Wildman–Crippen MR) is 61.5 cm³/mol.